The smallest absolute Gasteiger partial charge is 0.226 e. The summed E-state index contributed by atoms with van der Waals surface area (Å²) in [6.07, 6.45) is 1.44. The maximum Gasteiger partial charge on any atom is 0.226 e. The normalized spacial score (nSPS) is 14.9. The number of benzene rings is 1. The fourth-order valence-electron chi connectivity index (χ4n) is 2.20. The fraction of sp³-hybridized carbons (Fsp3) is 0.267. The Bertz CT molecular complexity index is 861. The summed E-state index contributed by atoms with van der Waals surface area (Å²) in [5.41, 5.74) is 7.38. The van der Waals surface area contributed by atoms with Crippen molar-refractivity contribution in [2.75, 3.05) is 24.2 Å². The minimum Gasteiger partial charge on any atom is -0.372 e. The van der Waals surface area contributed by atoms with Crippen molar-refractivity contribution in [3.8, 4) is 0 Å². The lowest BCUT2D eigenvalue weighted by atomic mass is 10.1. The first-order chi connectivity index (χ1) is 11.9. The first-order valence-electron chi connectivity index (χ1n) is 8.38. The number of hydrogen-bond acceptors (Lipinski definition) is 6. The Morgan fingerprint density at radius 3 is 2.86 bits per heavy atom. The minimum absolute atomic E-state index is 0.232. The van der Waals surface area contributed by atoms with Crippen LogP contribution in [-0.2, 0) is 6.98 Å². The maximum atomic E-state index is 7.56. The zero-order valence-corrected chi connectivity index (χ0v) is 12.1. The molecule has 0 fully saturated rings. The molecule has 114 valence electrons. The molecule has 4 N–H and O–H groups in total. The van der Waals surface area contributed by atoms with Crippen LogP contribution in [0.2, 0.25) is 0 Å². The van der Waals surface area contributed by atoms with Gasteiger partial charge < -0.3 is 16.4 Å². The van der Waals surface area contributed by atoms with Crippen LogP contribution in [0.15, 0.2) is 36.5 Å². The Morgan fingerprint density at radius 2 is 2.14 bits per heavy atom. The van der Waals surface area contributed by atoms with Gasteiger partial charge in [0.05, 0.1) is 11.6 Å². The topological polar surface area (TPSA) is 93.7 Å². The number of nitrogens with zero attached hydrogens (tertiary/aromatic N) is 4. The second-order valence-electron chi connectivity index (χ2n) is 4.84. The molecule has 2 heterocycles. The number of anilines is 2. The van der Waals surface area contributed by atoms with Gasteiger partial charge >= 0.3 is 0 Å². The summed E-state index contributed by atoms with van der Waals surface area (Å²) in [5, 5.41) is 10.5. The maximum absolute atomic E-state index is 7.56. The van der Waals surface area contributed by atoms with E-state index in [0.29, 0.717) is 17.7 Å². The quantitative estimate of drug-likeness (QED) is 0.661. The van der Waals surface area contributed by atoms with Crippen molar-refractivity contribution in [1.82, 2.24) is 19.7 Å². The summed E-state index contributed by atoms with van der Waals surface area (Å²) in [4.78, 5) is 8.65. The molecule has 0 spiro atoms. The summed E-state index contributed by atoms with van der Waals surface area (Å²) in [5.74, 6) is 0.783. The van der Waals surface area contributed by atoms with Crippen LogP contribution in [0.1, 0.15) is 15.7 Å². The molecule has 1 atom stereocenters. The molecule has 22 heavy (non-hydrogen) atoms. The van der Waals surface area contributed by atoms with Crippen LogP contribution in [-0.4, -0.2) is 33.3 Å². The van der Waals surface area contributed by atoms with Crippen molar-refractivity contribution >= 4 is 22.8 Å². The molecule has 3 rings (SSSR count). The van der Waals surface area contributed by atoms with E-state index in [1.165, 1.54) is 6.20 Å². The Balaban J connectivity index is 1.89. The van der Waals surface area contributed by atoms with Gasteiger partial charge in [-0.3, -0.25) is 4.68 Å². The molecule has 7 nitrogen and oxygen atoms in total. The highest BCUT2D eigenvalue weighted by Gasteiger charge is 2.11. The Morgan fingerprint density at radius 1 is 1.32 bits per heavy atom. The molecule has 7 heteroatoms. The Labute approximate surface area is 132 Å². The van der Waals surface area contributed by atoms with Gasteiger partial charge in [-0.25, -0.2) is 0 Å². The number of nitrogens with one attached hydrogen (secondary N) is 2. The van der Waals surface area contributed by atoms with Crippen LogP contribution in [0.3, 0.4) is 0 Å². The van der Waals surface area contributed by atoms with E-state index in [9.17, 15) is 0 Å². The monoisotopic (exact) mass is 300 g/mol. The molecule has 0 aliphatic heterocycles. The first-order valence-corrected chi connectivity index (χ1v) is 6.88. The average Bonchev–Trinajstić information content (AvgIpc) is 3.04. The van der Waals surface area contributed by atoms with Gasteiger partial charge in [-0.2, -0.15) is 15.1 Å². The van der Waals surface area contributed by atoms with Crippen molar-refractivity contribution in [3.63, 3.8) is 0 Å². The molecule has 0 amide bonds. The van der Waals surface area contributed by atoms with E-state index in [4.69, 9.17) is 9.85 Å². The summed E-state index contributed by atoms with van der Waals surface area (Å²) in [7, 11) is 1.70. The van der Waals surface area contributed by atoms with Gasteiger partial charge in [0.1, 0.15) is 5.82 Å². The molecule has 0 bridgehead atoms. The summed E-state index contributed by atoms with van der Waals surface area (Å²) >= 11 is 0. The third-order valence-corrected chi connectivity index (χ3v) is 3.37. The van der Waals surface area contributed by atoms with Crippen LogP contribution in [0.4, 0.5) is 11.8 Å². The van der Waals surface area contributed by atoms with Crippen molar-refractivity contribution in [1.29, 1.82) is 0 Å². The molecule has 2 aromatic heterocycles. The number of nitrogens with two attached hydrogens (primary N) is 1. The summed E-state index contributed by atoms with van der Waals surface area (Å²) in [6.45, 7) is -2.01. The zero-order chi connectivity index (χ0) is 18.0. The molecular formula is C15H19N7. The second kappa shape index (κ2) is 5.98. The van der Waals surface area contributed by atoms with Crippen molar-refractivity contribution < 1.29 is 4.11 Å². The molecule has 0 saturated carbocycles. The molecule has 0 saturated heterocycles. The lowest BCUT2D eigenvalue weighted by Gasteiger charge is -2.13. The predicted octanol–water partition coefficient (Wildman–Crippen LogP) is 1.52. The lowest BCUT2D eigenvalue weighted by molar-refractivity contribution is 0.756. The SMILES string of the molecule is [2H]C([2H])([2H])n1ncc2c(NC)nc(NCC(N)c3ccccc3)nc21. The molecule has 0 radical (unpaired) electrons. The fourth-order valence-corrected chi connectivity index (χ4v) is 2.20. The van der Waals surface area contributed by atoms with E-state index in [2.05, 4.69) is 25.7 Å². The van der Waals surface area contributed by atoms with Gasteiger partial charge in [-0.1, -0.05) is 30.3 Å². The lowest BCUT2D eigenvalue weighted by Crippen LogP contribution is -2.21. The number of rotatable bonds is 5. The van der Waals surface area contributed by atoms with Crippen LogP contribution in [0.25, 0.3) is 11.0 Å². The van der Waals surface area contributed by atoms with E-state index in [1.54, 1.807) is 7.05 Å². The Kier molecular flexibility index (Phi) is 2.98. The molecular weight excluding hydrogens is 278 g/mol. The van der Waals surface area contributed by atoms with Crippen LogP contribution >= 0.6 is 0 Å². The Hall–Kier alpha value is -2.67. The standard InChI is InChI=1S/C15H19N7/c1-17-13-11-8-19-22(2)14(11)21-15(20-13)18-9-12(16)10-6-4-3-5-7-10/h3-8,12H,9,16H2,1-2H3,(H2,17,18,20,21)/i2D3. The van der Waals surface area contributed by atoms with E-state index in [-0.39, 0.29) is 17.6 Å². The third kappa shape index (κ3) is 2.71. The van der Waals surface area contributed by atoms with E-state index < -0.39 is 6.98 Å². The molecule has 1 unspecified atom stereocenters. The number of aromatic nitrogens is 4. The number of aryl methyl sites for hydroxylation is 1. The molecule has 0 aliphatic rings. The van der Waals surface area contributed by atoms with Gasteiger partial charge in [0, 0.05) is 30.7 Å². The largest absolute Gasteiger partial charge is 0.372 e. The van der Waals surface area contributed by atoms with E-state index in [0.717, 1.165) is 10.2 Å². The summed E-state index contributed by atoms with van der Waals surface area (Å²) < 4.78 is 23.6. The summed E-state index contributed by atoms with van der Waals surface area (Å²) in [6, 6.07) is 9.41. The van der Waals surface area contributed by atoms with Crippen LogP contribution in [0, 0.1) is 0 Å². The van der Waals surface area contributed by atoms with Gasteiger partial charge in [0.2, 0.25) is 5.95 Å². The second-order valence-corrected chi connectivity index (χ2v) is 4.84. The number of fused-ring (bicyclic) bond motifs is 1. The predicted molar refractivity (Wildman–Crippen MR) is 87.7 cm³/mol. The van der Waals surface area contributed by atoms with Crippen molar-refractivity contribution in [2.24, 2.45) is 12.7 Å². The van der Waals surface area contributed by atoms with Crippen LogP contribution in [0.5, 0.6) is 0 Å². The average molecular weight is 300 g/mol. The van der Waals surface area contributed by atoms with Crippen molar-refractivity contribution in [3.05, 3.63) is 42.1 Å². The molecule has 3 aromatic rings. The van der Waals surface area contributed by atoms with E-state index in [1.807, 2.05) is 30.3 Å². The van der Waals surface area contributed by atoms with Gasteiger partial charge in [-0.05, 0) is 5.56 Å². The number of hydrogen-bond donors (Lipinski definition) is 3. The highest BCUT2D eigenvalue weighted by Crippen LogP contribution is 2.21. The molecule has 1 aromatic carbocycles. The highest BCUT2D eigenvalue weighted by atomic mass is 15.3. The van der Waals surface area contributed by atoms with Gasteiger partial charge in [-0.15, -0.1) is 0 Å². The third-order valence-electron chi connectivity index (χ3n) is 3.37. The highest BCUT2D eigenvalue weighted by molar-refractivity contribution is 5.87. The minimum atomic E-state index is -2.42. The van der Waals surface area contributed by atoms with Gasteiger partial charge in [0.25, 0.3) is 0 Å². The molecule has 0 aliphatic carbocycles. The van der Waals surface area contributed by atoms with Gasteiger partial charge in [0.15, 0.2) is 5.65 Å². The van der Waals surface area contributed by atoms with Crippen molar-refractivity contribution in [2.45, 2.75) is 6.04 Å². The van der Waals surface area contributed by atoms with E-state index >= 15 is 0 Å². The first kappa shape index (κ1) is 11.0. The zero-order valence-electron chi connectivity index (χ0n) is 15.1. The van der Waals surface area contributed by atoms with Crippen LogP contribution < -0.4 is 16.4 Å².